The lowest BCUT2D eigenvalue weighted by Gasteiger charge is -2.14. The summed E-state index contributed by atoms with van der Waals surface area (Å²) in [5.41, 5.74) is 0.993. The highest BCUT2D eigenvalue weighted by Gasteiger charge is 2.18. The number of carboxylic acid groups (broad SMARTS) is 1. The molecule has 0 fully saturated rings. The van der Waals surface area contributed by atoms with Crippen molar-refractivity contribution in [2.75, 3.05) is 13.2 Å². The molecule has 1 aromatic carbocycles. The van der Waals surface area contributed by atoms with Gasteiger partial charge in [0.25, 0.3) is 0 Å². The van der Waals surface area contributed by atoms with Crippen molar-refractivity contribution in [3.05, 3.63) is 28.8 Å². The van der Waals surface area contributed by atoms with Crippen LogP contribution in [0.5, 0.6) is 5.75 Å². The zero-order chi connectivity index (χ0) is 12.8. The highest BCUT2D eigenvalue weighted by molar-refractivity contribution is 6.32. The van der Waals surface area contributed by atoms with Crippen LogP contribution in [0.2, 0.25) is 5.02 Å². The first-order valence-electron chi connectivity index (χ1n) is 5.28. The minimum Gasteiger partial charge on any atom is -0.489 e. The Morgan fingerprint density at radius 2 is 2.24 bits per heavy atom. The van der Waals surface area contributed by atoms with Crippen LogP contribution >= 0.6 is 11.6 Å². The van der Waals surface area contributed by atoms with Gasteiger partial charge in [0.15, 0.2) is 6.10 Å². The summed E-state index contributed by atoms with van der Waals surface area (Å²) in [6.07, 6.45) is -0.975. The molecule has 5 heteroatoms. The van der Waals surface area contributed by atoms with Gasteiger partial charge >= 0.3 is 5.97 Å². The number of rotatable bonds is 6. The van der Waals surface area contributed by atoms with Crippen LogP contribution in [-0.4, -0.2) is 30.4 Å². The molecule has 0 heterocycles. The van der Waals surface area contributed by atoms with E-state index in [2.05, 4.69) is 0 Å². The van der Waals surface area contributed by atoms with E-state index in [0.29, 0.717) is 17.4 Å². The van der Waals surface area contributed by atoms with E-state index in [-0.39, 0.29) is 6.61 Å². The Morgan fingerprint density at radius 1 is 1.53 bits per heavy atom. The van der Waals surface area contributed by atoms with Crippen molar-refractivity contribution in [2.24, 2.45) is 0 Å². The highest BCUT2D eigenvalue weighted by Crippen LogP contribution is 2.25. The second kappa shape index (κ2) is 6.47. The molecule has 0 saturated heterocycles. The number of aryl methyl sites for hydroxylation is 1. The van der Waals surface area contributed by atoms with Crippen molar-refractivity contribution in [2.45, 2.75) is 20.0 Å². The number of carbonyl (C=O) groups is 1. The molecule has 0 spiro atoms. The van der Waals surface area contributed by atoms with Crippen molar-refractivity contribution in [3.8, 4) is 5.75 Å². The van der Waals surface area contributed by atoms with Crippen molar-refractivity contribution in [1.82, 2.24) is 0 Å². The van der Waals surface area contributed by atoms with Crippen molar-refractivity contribution < 1.29 is 19.4 Å². The van der Waals surface area contributed by atoms with E-state index in [0.717, 1.165) is 5.56 Å². The van der Waals surface area contributed by atoms with Gasteiger partial charge in [-0.15, -0.1) is 0 Å². The van der Waals surface area contributed by atoms with Crippen molar-refractivity contribution in [3.63, 3.8) is 0 Å². The van der Waals surface area contributed by atoms with Crippen molar-refractivity contribution in [1.29, 1.82) is 0 Å². The molecule has 1 aromatic rings. The standard InChI is InChI=1S/C12H15ClO4/c1-3-16-11(12(14)15)7-17-10-6-8(2)4-5-9(10)13/h4-6,11H,3,7H2,1-2H3,(H,14,15). The number of benzene rings is 1. The third-order valence-corrected chi connectivity index (χ3v) is 2.43. The second-order valence-corrected chi connectivity index (χ2v) is 3.93. The Balaban J connectivity index is 2.64. The summed E-state index contributed by atoms with van der Waals surface area (Å²) >= 11 is 5.92. The lowest BCUT2D eigenvalue weighted by molar-refractivity contribution is -0.152. The summed E-state index contributed by atoms with van der Waals surface area (Å²) in [6.45, 7) is 3.89. The number of carboxylic acids is 1. The molecule has 17 heavy (non-hydrogen) atoms. The van der Waals surface area contributed by atoms with Crippen LogP contribution in [0.15, 0.2) is 18.2 Å². The summed E-state index contributed by atoms with van der Waals surface area (Å²) in [5.74, 6) is -0.576. The first-order valence-corrected chi connectivity index (χ1v) is 5.65. The zero-order valence-electron chi connectivity index (χ0n) is 9.77. The van der Waals surface area contributed by atoms with Crippen LogP contribution in [-0.2, 0) is 9.53 Å². The number of aliphatic carboxylic acids is 1. The highest BCUT2D eigenvalue weighted by atomic mass is 35.5. The molecule has 0 aliphatic heterocycles. The van der Waals surface area contributed by atoms with Crippen LogP contribution in [0, 0.1) is 6.92 Å². The predicted octanol–water partition coefficient (Wildman–Crippen LogP) is 2.52. The molecule has 1 atom stereocenters. The van der Waals surface area contributed by atoms with Crippen LogP contribution < -0.4 is 4.74 Å². The molecule has 0 bridgehead atoms. The smallest absolute Gasteiger partial charge is 0.336 e. The fourth-order valence-corrected chi connectivity index (χ4v) is 1.45. The van der Waals surface area contributed by atoms with Crippen LogP contribution in [0.25, 0.3) is 0 Å². The average Bonchev–Trinajstić information content (AvgIpc) is 2.28. The topological polar surface area (TPSA) is 55.8 Å². The maximum atomic E-state index is 10.8. The molecule has 0 saturated carbocycles. The maximum Gasteiger partial charge on any atom is 0.336 e. The Hall–Kier alpha value is -1.26. The Kier molecular flexibility index (Phi) is 5.25. The second-order valence-electron chi connectivity index (χ2n) is 3.53. The third kappa shape index (κ3) is 4.24. The quantitative estimate of drug-likeness (QED) is 0.852. The van der Waals surface area contributed by atoms with E-state index < -0.39 is 12.1 Å². The molecular formula is C12H15ClO4. The van der Waals surface area contributed by atoms with Crippen LogP contribution in [0.1, 0.15) is 12.5 Å². The monoisotopic (exact) mass is 258 g/mol. The van der Waals surface area contributed by atoms with Gasteiger partial charge < -0.3 is 14.6 Å². The lowest BCUT2D eigenvalue weighted by atomic mass is 10.2. The zero-order valence-corrected chi connectivity index (χ0v) is 10.5. The minimum atomic E-state index is -1.05. The fourth-order valence-electron chi connectivity index (χ4n) is 1.28. The van der Waals surface area contributed by atoms with Gasteiger partial charge in [-0.25, -0.2) is 4.79 Å². The van der Waals surface area contributed by atoms with Gasteiger partial charge in [-0.05, 0) is 31.5 Å². The van der Waals surface area contributed by atoms with Gasteiger partial charge in [0, 0.05) is 6.61 Å². The van der Waals surface area contributed by atoms with E-state index in [1.165, 1.54) is 0 Å². The average molecular weight is 259 g/mol. The molecule has 0 radical (unpaired) electrons. The molecule has 1 rings (SSSR count). The van der Waals surface area contributed by atoms with E-state index in [1.54, 1.807) is 19.1 Å². The van der Waals surface area contributed by atoms with Gasteiger partial charge in [-0.2, -0.15) is 0 Å². The molecule has 94 valence electrons. The number of ether oxygens (including phenoxy) is 2. The first kappa shape index (κ1) is 13.8. The normalized spacial score (nSPS) is 12.2. The van der Waals surface area contributed by atoms with Gasteiger partial charge in [-0.1, -0.05) is 17.7 Å². The maximum absolute atomic E-state index is 10.8. The molecule has 1 N–H and O–H groups in total. The van der Waals surface area contributed by atoms with Crippen LogP contribution in [0.4, 0.5) is 0 Å². The summed E-state index contributed by atoms with van der Waals surface area (Å²) in [4.78, 5) is 10.8. The van der Waals surface area contributed by atoms with Crippen molar-refractivity contribution >= 4 is 17.6 Å². The van der Waals surface area contributed by atoms with E-state index >= 15 is 0 Å². The van der Waals surface area contributed by atoms with Gasteiger partial charge in [-0.3, -0.25) is 0 Å². The molecular weight excluding hydrogens is 244 g/mol. The van der Waals surface area contributed by atoms with Gasteiger partial charge in [0.1, 0.15) is 12.4 Å². The number of hydrogen-bond donors (Lipinski definition) is 1. The SMILES string of the molecule is CCOC(COc1cc(C)ccc1Cl)C(=O)O. The molecule has 0 aromatic heterocycles. The largest absolute Gasteiger partial charge is 0.489 e. The van der Waals surface area contributed by atoms with Gasteiger partial charge in [0.05, 0.1) is 5.02 Å². The fraction of sp³-hybridized carbons (Fsp3) is 0.417. The molecule has 0 aliphatic carbocycles. The Labute approximate surface area is 105 Å². The van der Waals surface area contributed by atoms with Gasteiger partial charge in [0.2, 0.25) is 0 Å². The molecule has 0 aliphatic rings. The summed E-state index contributed by atoms with van der Waals surface area (Å²) < 4.78 is 10.4. The van der Waals surface area contributed by atoms with E-state index in [1.807, 2.05) is 13.0 Å². The number of halogens is 1. The first-order chi connectivity index (χ1) is 8.04. The Morgan fingerprint density at radius 3 is 2.82 bits per heavy atom. The third-order valence-electron chi connectivity index (χ3n) is 2.12. The van der Waals surface area contributed by atoms with E-state index in [4.69, 9.17) is 26.2 Å². The molecule has 0 amide bonds. The Bertz CT molecular complexity index is 392. The minimum absolute atomic E-state index is 0.0631. The van der Waals surface area contributed by atoms with Crippen LogP contribution in [0.3, 0.4) is 0 Å². The molecule has 4 nitrogen and oxygen atoms in total. The summed E-state index contributed by atoms with van der Waals surface area (Å²) in [7, 11) is 0. The molecule has 1 unspecified atom stereocenters. The lowest BCUT2D eigenvalue weighted by Crippen LogP contribution is -2.30. The van der Waals surface area contributed by atoms with E-state index in [9.17, 15) is 4.79 Å². The summed E-state index contributed by atoms with van der Waals surface area (Å²) in [5, 5.41) is 9.32. The summed E-state index contributed by atoms with van der Waals surface area (Å²) in [6, 6.07) is 5.32. The number of hydrogen-bond acceptors (Lipinski definition) is 3. The predicted molar refractivity (Wildman–Crippen MR) is 64.7 cm³/mol.